The molecule has 30 heavy (non-hydrogen) atoms. The smallest absolute Gasteiger partial charge is 0.303 e. The van der Waals surface area contributed by atoms with E-state index in [1.165, 1.54) is 6.92 Å². The van der Waals surface area contributed by atoms with Crippen molar-refractivity contribution in [2.75, 3.05) is 13.2 Å². The Hall–Kier alpha value is -2.09. The molecule has 0 aliphatic carbocycles. The SMILES string of the molecule is CCCCC1(CCCC)OCC(OC(C)=O)C=C1C#CCCOCc1ccccc1. The van der Waals surface area contributed by atoms with Crippen LogP contribution < -0.4 is 0 Å². The predicted molar refractivity (Wildman–Crippen MR) is 120 cm³/mol. The summed E-state index contributed by atoms with van der Waals surface area (Å²) in [5.41, 5.74) is 1.77. The number of carbonyl (C=O) groups excluding carboxylic acids is 1. The third kappa shape index (κ3) is 7.97. The Bertz CT molecular complexity index is 718. The summed E-state index contributed by atoms with van der Waals surface area (Å²) in [7, 11) is 0. The van der Waals surface area contributed by atoms with Gasteiger partial charge in [-0.15, -0.1) is 0 Å². The fourth-order valence-corrected chi connectivity index (χ4v) is 3.65. The minimum absolute atomic E-state index is 0.295. The van der Waals surface area contributed by atoms with Crippen molar-refractivity contribution in [3.8, 4) is 11.8 Å². The third-order valence-corrected chi connectivity index (χ3v) is 5.26. The number of hydrogen-bond acceptors (Lipinski definition) is 4. The van der Waals surface area contributed by atoms with Gasteiger partial charge in [0.25, 0.3) is 0 Å². The standard InChI is InChI=1S/C26H36O4/c1-4-6-16-26(17-7-5-2)24(19-25(21-29-26)30-22(3)27)15-11-12-18-28-20-23-13-9-8-10-14-23/h8-10,13-14,19,25H,4-7,12,16-18,20-21H2,1-3H3. The molecule has 4 nitrogen and oxygen atoms in total. The Morgan fingerprint density at radius 2 is 1.87 bits per heavy atom. The molecule has 4 heteroatoms. The molecule has 0 bridgehead atoms. The lowest BCUT2D eigenvalue weighted by atomic mass is 9.81. The summed E-state index contributed by atoms with van der Waals surface area (Å²) in [6.07, 6.45) is 8.58. The summed E-state index contributed by atoms with van der Waals surface area (Å²) in [6, 6.07) is 10.1. The lowest BCUT2D eigenvalue weighted by Crippen LogP contribution is -2.42. The van der Waals surface area contributed by atoms with Crippen molar-refractivity contribution in [2.45, 2.75) is 84.0 Å². The minimum atomic E-state index is -0.363. The highest BCUT2D eigenvalue weighted by Gasteiger charge is 2.38. The maximum absolute atomic E-state index is 11.4. The van der Waals surface area contributed by atoms with E-state index in [0.717, 1.165) is 49.7 Å². The second-order valence-electron chi connectivity index (χ2n) is 7.83. The van der Waals surface area contributed by atoms with Crippen molar-refractivity contribution >= 4 is 5.97 Å². The first-order valence-electron chi connectivity index (χ1n) is 11.2. The van der Waals surface area contributed by atoms with E-state index >= 15 is 0 Å². The Morgan fingerprint density at radius 3 is 2.50 bits per heavy atom. The molecule has 0 fully saturated rings. The summed E-state index contributed by atoms with van der Waals surface area (Å²) < 4.78 is 17.5. The van der Waals surface area contributed by atoms with Gasteiger partial charge < -0.3 is 14.2 Å². The van der Waals surface area contributed by atoms with Crippen molar-refractivity contribution in [1.29, 1.82) is 0 Å². The summed E-state index contributed by atoms with van der Waals surface area (Å²) in [5, 5.41) is 0. The molecular formula is C26H36O4. The van der Waals surface area contributed by atoms with Gasteiger partial charge in [-0.3, -0.25) is 4.79 Å². The Labute approximate surface area is 182 Å². The molecule has 1 aromatic carbocycles. The second-order valence-corrected chi connectivity index (χ2v) is 7.83. The molecule has 1 atom stereocenters. The first kappa shape index (κ1) is 24.2. The summed E-state index contributed by atoms with van der Waals surface area (Å²) in [5.74, 6) is 6.31. The molecule has 0 N–H and O–H groups in total. The van der Waals surface area contributed by atoms with Crippen molar-refractivity contribution < 1.29 is 19.0 Å². The molecule has 0 saturated carbocycles. The fourth-order valence-electron chi connectivity index (χ4n) is 3.65. The van der Waals surface area contributed by atoms with Gasteiger partial charge in [-0.05, 0) is 24.5 Å². The van der Waals surface area contributed by atoms with E-state index in [4.69, 9.17) is 14.2 Å². The van der Waals surface area contributed by atoms with E-state index in [-0.39, 0.29) is 17.7 Å². The van der Waals surface area contributed by atoms with Gasteiger partial charge in [0.1, 0.15) is 11.7 Å². The maximum atomic E-state index is 11.4. The number of benzene rings is 1. The van der Waals surface area contributed by atoms with Crippen LogP contribution in [-0.4, -0.2) is 30.9 Å². The predicted octanol–water partition coefficient (Wildman–Crippen LogP) is 5.60. The maximum Gasteiger partial charge on any atom is 0.303 e. The van der Waals surface area contributed by atoms with E-state index in [9.17, 15) is 4.79 Å². The molecular weight excluding hydrogens is 376 g/mol. The Morgan fingerprint density at radius 1 is 1.17 bits per heavy atom. The summed E-state index contributed by atoms with van der Waals surface area (Å²) in [6.45, 7) is 7.39. The number of ether oxygens (including phenoxy) is 3. The largest absolute Gasteiger partial charge is 0.456 e. The van der Waals surface area contributed by atoms with Gasteiger partial charge in [0.05, 0.1) is 19.8 Å². The van der Waals surface area contributed by atoms with Crippen LogP contribution in [0.25, 0.3) is 0 Å². The second kappa shape index (κ2) is 13.3. The minimum Gasteiger partial charge on any atom is -0.456 e. The quantitative estimate of drug-likeness (QED) is 0.269. The Kier molecular flexibility index (Phi) is 10.7. The first-order valence-corrected chi connectivity index (χ1v) is 11.2. The number of carbonyl (C=O) groups is 1. The van der Waals surface area contributed by atoms with Gasteiger partial charge >= 0.3 is 5.97 Å². The zero-order valence-corrected chi connectivity index (χ0v) is 18.7. The normalized spacial score (nSPS) is 17.6. The summed E-state index contributed by atoms with van der Waals surface area (Å²) >= 11 is 0. The zero-order valence-electron chi connectivity index (χ0n) is 18.7. The van der Waals surface area contributed by atoms with Gasteiger partial charge in [0, 0.05) is 18.9 Å². The van der Waals surface area contributed by atoms with Crippen LogP contribution in [0.3, 0.4) is 0 Å². The molecule has 2 rings (SSSR count). The van der Waals surface area contributed by atoms with Crippen LogP contribution in [-0.2, 0) is 25.6 Å². The average molecular weight is 413 g/mol. The van der Waals surface area contributed by atoms with Crippen LogP contribution in [0.15, 0.2) is 42.0 Å². The van der Waals surface area contributed by atoms with Gasteiger partial charge in [-0.1, -0.05) is 81.7 Å². The van der Waals surface area contributed by atoms with Crippen LogP contribution in [0.2, 0.25) is 0 Å². The molecule has 0 radical (unpaired) electrons. The molecule has 1 aliphatic heterocycles. The highest BCUT2D eigenvalue weighted by molar-refractivity contribution is 5.66. The van der Waals surface area contributed by atoms with Crippen molar-refractivity contribution in [2.24, 2.45) is 0 Å². The van der Waals surface area contributed by atoms with Crippen molar-refractivity contribution in [3.05, 3.63) is 47.5 Å². The number of hydrogen-bond donors (Lipinski definition) is 0. The van der Waals surface area contributed by atoms with Crippen molar-refractivity contribution in [3.63, 3.8) is 0 Å². The lowest BCUT2D eigenvalue weighted by molar-refractivity contribution is -0.152. The van der Waals surface area contributed by atoms with Gasteiger partial charge in [-0.2, -0.15) is 0 Å². The molecule has 1 aliphatic rings. The van der Waals surface area contributed by atoms with E-state index in [0.29, 0.717) is 26.2 Å². The monoisotopic (exact) mass is 412 g/mol. The fraction of sp³-hybridized carbons (Fsp3) is 0.577. The summed E-state index contributed by atoms with van der Waals surface area (Å²) in [4.78, 5) is 11.4. The van der Waals surface area contributed by atoms with Gasteiger partial charge in [0.2, 0.25) is 0 Å². The van der Waals surface area contributed by atoms with Crippen LogP contribution in [0.1, 0.15) is 71.3 Å². The third-order valence-electron chi connectivity index (χ3n) is 5.26. The van der Waals surface area contributed by atoms with E-state index in [2.05, 4.69) is 37.8 Å². The van der Waals surface area contributed by atoms with Crippen LogP contribution >= 0.6 is 0 Å². The van der Waals surface area contributed by atoms with Gasteiger partial charge in [0.15, 0.2) is 0 Å². The number of unbranched alkanes of at least 4 members (excludes halogenated alkanes) is 2. The first-order chi connectivity index (χ1) is 14.6. The molecule has 0 aromatic heterocycles. The zero-order chi connectivity index (χ0) is 21.7. The van der Waals surface area contributed by atoms with E-state index in [1.807, 2.05) is 24.3 Å². The van der Waals surface area contributed by atoms with Crippen LogP contribution in [0.4, 0.5) is 0 Å². The molecule has 1 unspecified atom stereocenters. The lowest BCUT2D eigenvalue weighted by Gasteiger charge is -2.39. The van der Waals surface area contributed by atoms with Gasteiger partial charge in [-0.25, -0.2) is 0 Å². The van der Waals surface area contributed by atoms with Crippen LogP contribution in [0, 0.1) is 11.8 Å². The molecule has 0 saturated heterocycles. The number of rotatable bonds is 11. The van der Waals surface area contributed by atoms with E-state index < -0.39 is 0 Å². The molecule has 0 spiro atoms. The number of esters is 1. The van der Waals surface area contributed by atoms with E-state index in [1.54, 1.807) is 0 Å². The molecule has 1 aromatic rings. The van der Waals surface area contributed by atoms with Crippen molar-refractivity contribution in [1.82, 2.24) is 0 Å². The molecule has 164 valence electrons. The topological polar surface area (TPSA) is 44.8 Å². The highest BCUT2D eigenvalue weighted by atomic mass is 16.6. The molecule has 0 amide bonds. The van der Waals surface area contributed by atoms with Crippen LogP contribution in [0.5, 0.6) is 0 Å². The molecule has 1 heterocycles. The highest BCUT2D eigenvalue weighted by Crippen LogP contribution is 2.37. The average Bonchev–Trinajstić information content (AvgIpc) is 2.75. The Balaban J connectivity index is 2.05.